The van der Waals surface area contributed by atoms with E-state index in [4.69, 9.17) is 4.74 Å². The van der Waals surface area contributed by atoms with Crippen molar-refractivity contribution in [2.24, 2.45) is 11.8 Å². The van der Waals surface area contributed by atoms with Crippen molar-refractivity contribution in [3.63, 3.8) is 0 Å². The summed E-state index contributed by atoms with van der Waals surface area (Å²) in [5, 5.41) is 14.9. The van der Waals surface area contributed by atoms with Crippen molar-refractivity contribution in [1.29, 1.82) is 0 Å². The highest BCUT2D eigenvalue weighted by Crippen LogP contribution is 2.44. The Bertz CT molecular complexity index is 1010. The van der Waals surface area contributed by atoms with E-state index in [9.17, 15) is 19.5 Å². The lowest BCUT2D eigenvalue weighted by Gasteiger charge is -2.17. The molecule has 2 aromatic rings. The van der Waals surface area contributed by atoms with Crippen molar-refractivity contribution in [2.45, 2.75) is 51.0 Å². The molecule has 0 heterocycles. The molecule has 0 radical (unpaired) electrons. The largest absolute Gasteiger partial charge is 0.481 e. The molecule has 2 aromatic carbocycles. The Kier molecular flexibility index (Phi) is 7.50. The first-order chi connectivity index (χ1) is 16.5. The zero-order valence-electron chi connectivity index (χ0n) is 19.5. The predicted octanol–water partition coefficient (Wildman–Crippen LogP) is 4.31. The van der Waals surface area contributed by atoms with E-state index in [1.54, 1.807) is 0 Å². The zero-order chi connectivity index (χ0) is 24.1. The molecule has 0 aromatic heterocycles. The Morgan fingerprint density at radius 3 is 2.29 bits per heavy atom. The van der Waals surface area contributed by atoms with Gasteiger partial charge in [-0.25, -0.2) is 4.79 Å². The third-order valence-electron chi connectivity index (χ3n) is 6.98. The molecule has 1 saturated carbocycles. The maximum Gasteiger partial charge on any atom is 0.407 e. The second-order valence-electron chi connectivity index (χ2n) is 9.25. The van der Waals surface area contributed by atoms with Crippen molar-refractivity contribution in [3.05, 3.63) is 59.7 Å². The Balaban J connectivity index is 1.26. The zero-order valence-corrected chi connectivity index (χ0v) is 19.5. The smallest absolute Gasteiger partial charge is 0.407 e. The number of rotatable bonds is 9. The van der Waals surface area contributed by atoms with Crippen molar-refractivity contribution in [1.82, 2.24) is 10.6 Å². The van der Waals surface area contributed by atoms with Crippen LogP contribution in [-0.4, -0.2) is 42.3 Å². The van der Waals surface area contributed by atoms with Gasteiger partial charge in [-0.3, -0.25) is 9.59 Å². The molecule has 1 unspecified atom stereocenters. The molecule has 1 fully saturated rings. The van der Waals surface area contributed by atoms with E-state index in [0.717, 1.165) is 17.5 Å². The van der Waals surface area contributed by atoms with Crippen molar-refractivity contribution >= 4 is 18.0 Å². The van der Waals surface area contributed by atoms with E-state index >= 15 is 0 Å². The molecule has 2 aliphatic rings. The van der Waals surface area contributed by atoms with Crippen LogP contribution in [0.5, 0.6) is 0 Å². The van der Waals surface area contributed by atoms with Gasteiger partial charge in [-0.15, -0.1) is 0 Å². The number of amides is 2. The second-order valence-corrected chi connectivity index (χ2v) is 9.25. The Hall–Kier alpha value is -3.35. The van der Waals surface area contributed by atoms with Crippen LogP contribution in [0.4, 0.5) is 4.79 Å². The number of carboxylic acids is 1. The molecular formula is C27H32N2O5. The molecule has 0 bridgehead atoms. The van der Waals surface area contributed by atoms with Gasteiger partial charge in [0.1, 0.15) is 6.61 Å². The van der Waals surface area contributed by atoms with Gasteiger partial charge < -0.3 is 20.5 Å². The summed E-state index contributed by atoms with van der Waals surface area (Å²) in [7, 11) is 0. The van der Waals surface area contributed by atoms with Gasteiger partial charge in [-0.1, -0.05) is 61.9 Å². The first-order valence-electron chi connectivity index (χ1n) is 12.1. The number of hydrogen-bond acceptors (Lipinski definition) is 4. The van der Waals surface area contributed by atoms with Crippen LogP contribution < -0.4 is 10.6 Å². The van der Waals surface area contributed by atoms with Crippen LogP contribution in [0.2, 0.25) is 0 Å². The number of fused-ring (bicyclic) bond motifs is 3. The van der Waals surface area contributed by atoms with Crippen LogP contribution in [0.1, 0.15) is 56.1 Å². The fraction of sp³-hybridized carbons (Fsp3) is 0.444. The molecule has 3 atom stereocenters. The number of carbonyl (C=O) groups excluding carboxylic acids is 2. The van der Waals surface area contributed by atoms with E-state index in [1.165, 1.54) is 11.1 Å². The van der Waals surface area contributed by atoms with Crippen molar-refractivity contribution < 1.29 is 24.2 Å². The summed E-state index contributed by atoms with van der Waals surface area (Å²) in [5.74, 6) is -1.81. The third kappa shape index (κ3) is 5.24. The SMILES string of the molecule is CCCC(CNC(=O)[C@H]1CC[C@@H](NC(=O)OCC2c3ccccc3-c3ccccc32)C1)C(=O)O. The number of carboxylic acid groups (broad SMARTS) is 1. The molecule has 3 N–H and O–H groups in total. The third-order valence-corrected chi connectivity index (χ3v) is 6.98. The lowest BCUT2D eigenvalue weighted by atomic mass is 9.98. The van der Waals surface area contributed by atoms with Gasteiger partial charge in [-0.2, -0.15) is 0 Å². The first-order valence-corrected chi connectivity index (χ1v) is 12.1. The molecule has 7 nitrogen and oxygen atoms in total. The quantitative estimate of drug-likeness (QED) is 0.513. The lowest BCUT2D eigenvalue weighted by Crippen LogP contribution is -2.38. The van der Waals surface area contributed by atoms with Gasteiger partial charge in [0.2, 0.25) is 5.91 Å². The predicted molar refractivity (Wildman–Crippen MR) is 128 cm³/mol. The molecule has 180 valence electrons. The van der Waals surface area contributed by atoms with Gasteiger partial charge in [0.25, 0.3) is 0 Å². The van der Waals surface area contributed by atoms with Gasteiger partial charge in [0, 0.05) is 24.4 Å². The van der Waals surface area contributed by atoms with Gasteiger partial charge in [-0.05, 0) is 47.9 Å². The maximum absolute atomic E-state index is 12.5. The molecule has 0 saturated heterocycles. The molecule has 2 aliphatic carbocycles. The highest BCUT2D eigenvalue weighted by molar-refractivity contribution is 5.80. The molecule has 7 heteroatoms. The average Bonchev–Trinajstić information content (AvgIpc) is 3.43. The number of hydrogen-bond donors (Lipinski definition) is 3. The second kappa shape index (κ2) is 10.7. The maximum atomic E-state index is 12.5. The summed E-state index contributed by atoms with van der Waals surface area (Å²) in [4.78, 5) is 36.3. The number of aliphatic carboxylic acids is 1. The van der Waals surface area contributed by atoms with E-state index in [0.29, 0.717) is 25.7 Å². The highest BCUT2D eigenvalue weighted by atomic mass is 16.5. The number of ether oxygens (including phenoxy) is 1. The van der Waals surface area contributed by atoms with Crippen LogP contribution >= 0.6 is 0 Å². The standard InChI is InChI=1S/C27H32N2O5/c1-2-7-18(26(31)32)15-28-25(30)17-12-13-19(14-17)29-27(33)34-16-24-22-10-5-3-8-20(22)21-9-4-6-11-23(21)24/h3-6,8-11,17-19,24H,2,7,12-16H2,1H3,(H,28,30)(H,29,33)(H,31,32)/t17-,18?,19+/m0/s1. The van der Waals surface area contributed by atoms with Gasteiger partial charge >= 0.3 is 12.1 Å². The summed E-state index contributed by atoms with van der Waals surface area (Å²) >= 11 is 0. The highest BCUT2D eigenvalue weighted by Gasteiger charge is 2.33. The van der Waals surface area contributed by atoms with Crippen LogP contribution in [0.15, 0.2) is 48.5 Å². The van der Waals surface area contributed by atoms with E-state index in [1.807, 2.05) is 31.2 Å². The average molecular weight is 465 g/mol. The Morgan fingerprint density at radius 1 is 1.03 bits per heavy atom. The summed E-state index contributed by atoms with van der Waals surface area (Å²) in [5.41, 5.74) is 4.69. The summed E-state index contributed by atoms with van der Waals surface area (Å²) in [6.45, 7) is 2.32. The molecule has 34 heavy (non-hydrogen) atoms. The van der Waals surface area contributed by atoms with E-state index in [-0.39, 0.29) is 36.9 Å². The number of carbonyl (C=O) groups is 3. The first kappa shape index (κ1) is 23.8. The van der Waals surface area contributed by atoms with Crippen LogP contribution in [0.25, 0.3) is 11.1 Å². The minimum atomic E-state index is -0.886. The minimum absolute atomic E-state index is 0.00514. The Labute approximate surface area is 199 Å². The molecule has 0 aliphatic heterocycles. The van der Waals surface area contributed by atoms with E-state index in [2.05, 4.69) is 34.9 Å². The van der Waals surface area contributed by atoms with Gasteiger partial charge in [0.05, 0.1) is 5.92 Å². The molecular weight excluding hydrogens is 432 g/mol. The van der Waals surface area contributed by atoms with Gasteiger partial charge in [0.15, 0.2) is 0 Å². The molecule has 0 spiro atoms. The fourth-order valence-corrected chi connectivity index (χ4v) is 5.19. The number of alkyl carbamates (subject to hydrolysis) is 1. The minimum Gasteiger partial charge on any atom is -0.481 e. The Morgan fingerprint density at radius 2 is 1.68 bits per heavy atom. The summed E-state index contributed by atoms with van der Waals surface area (Å²) in [6.07, 6.45) is 2.70. The summed E-state index contributed by atoms with van der Waals surface area (Å²) < 4.78 is 5.61. The normalized spacial score (nSPS) is 19.7. The summed E-state index contributed by atoms with van der Waals surface area (Å²) in [6, 6.07) is 16.3. The topological polar surface area (TPSA) is 105 Å². The number of benzene rings is 2. The van der Waals surface area contributed by atoms with Crippen LogP contribution in [0.3, 0.4) is 0 Å². The van der Waals surface area contributed by atoms with Crippen LogP contribution in [0, 0.1) is 11.8 Å². The van der Waals surface area contributed by atoms with Crippen molar-refractivity contribution in [3.8, 4) is 11.1 Å². The van der Waals surface area contributed by atoms with Crippen molar-refractivity contribution in [2.75, 3.05) is 13.2 Å². The number of nitrogens with one attached hydrogen (secondary N) is 2. The lowest BCUT2D eigenvalue weighted by molar-refractivity contribution is -0.142. The molecule has 2 amide bonds. The monoisotopic (exact) mass is 464 g/mol. The fourth-order valence-electron chi connectivity index (χ4n) is 5.19. The van der Waals surface area contributed by atoms with Crippen LogP contribution in [-0.2, 0) is 14.3 Å². The molecule has 4 rings (SSSR count). The van der Waals surface area contributed by atoms with E-state index < -0.39 is 18.0 Å².